The molecule has 0 amide bonds. The van der Waals surface area contributed by atoms with Crippen molar-refractivity contribution >= 4 is 0 Å². The van der Waals surface area contributed by atoms with Crippen LogP contribution in [0.25, 0.3) is 56.0 Å². The number of rotatable bonds is 5. The summed E-state index contributed by atoms with van der Waals surface area (Å²) in [5.74, 6) is -1.27. The van der Waals surface area contributed by atoms with E-state index >= 15 is 0 Å². The molecular formula is C33H20F3N3. The predicted molar refractivity (Wildman–Crippen MR) is 147 cm³/mol. The molecule has 0 aliphatic heterocycles. The number of halogens is 3. The molecule has 39 heavy (non-hydrogen) atoms. The Labute approximate surface area is 223 Å². The quantitative estimate of drug-likeness (QED) is 0.231. The summed E-state index contributed by atoms with van der Waals surface area (Å²) in [7, 11) is 0. The molecule has 0 N–H and O–H groups in total. The number of hydrogen-bond donors (Lipinski definition) is 0. The molecule has 0 unspecified atom stereocenters. The fraction of sp³-hybridized carbons (Fsp3) is 0. The zero-order chi connectivity index (χ0) is 26.8. The predicted octanol–water partition coefficient (Wildman–Crippen LogP) is 8.62. The number of nitrogens with zero attached hydrogens (tertiary/aromatic N) is 3. The van der Waals surface area contributed by atoms with Crippen LogP contribution in [0.1, 0.15) is 0 Å². The summed E-state index contributed by atoms with van der Waals surface area (Å²) in [6.07, 6.45) is 3.57. The van der Waals surface area contributed by atoms with Crippen LogP contribution in [0.15, 0.2) is 122 Å². The standard InChI is InChI=1S/C33H20F3N3/c34-21-12-15-30(37-18-21)26-8-3-1-6-24(26)28-10-5-11-29(33(28)32-17-14-23(36)20-39-32)25-7-2-4-9-27(25)31-16-13-22(35)19-38-31/h1-20H. The Kier molecular flexibility index (Phi) is 6.43. The minimum atomic E-state index is -0.440. The summed E-state index contributed by atoms with van der Waals surface area (Å²) in [6, 6.07) is 30.4. The van der Waals surface area contributed by atoms with Gasteiger partial charge in [0.1, 0.15) is 17.5 Å². The molecule has 0 aliphatic carbocycles. The Morgan fingerprint density at radius 2 is 0.692 bits per heavy atom. The minimum Gasteiger partial charge on any atom is -0.253 e. The van der Waals surface area contributed by atoms with Gasteiger partial charge >= 0.3 is 0 Å². The summed E-state index contributed by atoms with van der Waals surface area (Å²) in [5.41, 5.74) is 7.61. The van der Waals surface area contributed by atoms with Crippen molar-refractivity contribution < 1.29 is 13.2 Å². The van der Waals surface area contributed by atoms with Crippen LogP contribution >= 0.6 is 0 Å². The van der Waals surface area contributed by atoms with E-state index in [0.29, 0.717) is 17.1 Å². The van der Waals surface area contributed by atoms with Gasteiger partial charge in [0.05, 0.1) is 35.7 Å². The van der Waals surface area contributed by atoms with Crippen LogP contribution in [0.5, 0.6) is 0 Å². The second-order valence-electron chi connectivity index (χ2n) is 8.90. The molecule has 0 atom stereocenters. The first-order chi connectivity index (χ1) is 19.1. The maximum absolute atomic E-state index is 13.9. The van der Waals surface area contributed by atoms with Gasteiger partial charge in [0.2, 0.25) is 0 Å². The Morgan fingerprint density at radius 1 is 0.333 bits per heavy atom. The van der Waals surface area contributed by atoms with Gasteiger partial charge in [0.15, 0.2) is 0 Å². The van der Waals surface area contributed by atoms with E-state index in [1.165, 1.54) is 36.8 Å². The second kappa shape index (κ2) is 10.3. The first kappa shape index (κ1) is 24.2. The van der Waals surface area contributed by atoms with Crippen molar-refractivity contribution in [3.05, 3.63) is 139 Å². The van der Waals surface area contributed by atoms with Crippen LogP contribution in [-0.2, 0) is 0 Å². The molecule has 6 aromatic rings. The molecule has 6 rings (SSSR count). The molecule has 0 saturated heterocycles. The lowest BCUT2D eigenvalue weighted by Crippen LogP contribution is -1.97. The van der Waals surface area contributed by atoms with Crippen LogP contribution in [0.2, 0.25) is 0 Å². The Balaban J connectivity index is 1.64. The molecular weight excluding hydrogens is 495 g/mol. The number of pyridine rings is 3. The van der Waals surface area contributed by atoms with Crippen LogP contribution in [0.3, 0.4) is 0 Å². The lowest BCUT2D eigenvalue weighted by Gasteiger charge is -2.19. The van der Waals surface area contributed by atoms with Crippen molar-refractivity contribution in [2.75, 3.05) is 0 Å². The third-order valence-electron chi connectivity index (χ3n) is 6.49. The van der Waals surface area contributed by atoms with E-state index in [-0.39, 0.29) is 0 Å². The van der Waals surface area contributed by atoms with Crippen LogP contribution in [0, 0.1) is 17.5 Å². The topological polar surface area (TPSA) is 38.7 Å². The highest BCUT2D eigenvalue weighted by Crippen LogP contribution is 2.44. The van der Waals surface area contributed by atoms with E-state index < -0.39 is 17.5 Å². The molecule has 3 aromatic carbocycles. The van der Waals surface area contributed by atoms with Crippen LogP contribution < -0.4 is 0 Å². The summed E-state index contributed by atoms with van der Waals surface area (Å²) in [4.78, 5) is 13.1. The van der Waals surface area contributed by atoms with Crippen molar-refractivity contribution in [2.45, 2.75) is 0 Å². The fourth-order valence-corrected chi connectivity index (χ4v) is 4.75. The lowest BCUT2D eigenvalue weighted by atomic mass is 9.85. The van der Waals surface area contributed by atoms with Gasteiger partial charge in [-0.3, -0.25) is 15.0 Å². The summed E-state index contributed by atoms with van der Waals surface area (Å²) < 4.78 is 41.3. The lowest BCUT2D eigenvalue weighted by molar-refractivity contribution is 0.621. The molecule has 3 heterocycles. The van der Waals surface area contributed by atoms with E-state index in [2.05, 4.69) is 15.0 Å². The van der Waals surface area contributed by atoms with E-state index in [4.69, 9.17) is 0 Å². The largest absolute Gasteiger partial charge is 0.253 e. The average molecular weight is 516 g/mol. The third kappa shape index (κ3) is 4.80. The number of hydrogen-bond acceptors (Lipinski definition) is 3. The van der Waals surface area contributed by atoms with Gasteiger partial charge in [-0.05, 0) is 58.7 Å². The highest BCUT2D eigenvalue weighted by atomic mass is 19.1. The van der Waals surface area contributed by atoms with E-state index in [0.717, 1.165) is 38.9 Å². The first-order valence-electron chi connectivity index (χ1n) is 12.3. The summed E-state index contributed by atoms with van der Waals surface area (Å²) in [5, 5.41) is 0. The first-order valence-corrected chi connectivity index (χ1v) is 12.3. The van der Waals surface area contributed by atoms with Gasteiger partial charge in [0, 0.05) is 16.7 Å². The SMILES string of the molecule is Fc1ccc(-c2ccccc2-c2cccc(-c3ccccc3-c3ccc(F)cn3)c2-c2ccc(F)cn2)nc1. The van der Waals surface area contributed by atoms with Crippen LogP contribution in [-0.4, -0.2) is 15.0 Å². The Bertz CT molecular complexity index is 1660. The maximum atomic E-state index is 13.9. The molecule has 188 valence electrons. The molecule has 0 radical (unpaired) electrons. The maximum Gasteiger partial charge on any atom is 0.141 e. The molecule has 0 bridgehead atoms. The minimum absolute atomic E-state index is 0.416. The highest BCUT2D eigenvalue weighted by Gasteiger charge is 2.20. The zero-order valence-corrected chi connectivity index (χ0v) is 20.5. The van der Waals surface area contributed by atoms with Crippen molar-refractivity contribution in [1.82, 2.24) is 15.0 Å². The highest BCUT2D eigenvalue weighted by molar-refractivity contribution is 5.99. The Morgan fingerprint density at radius 3 is 1.08 bits per heavy atom. The van der Waals surface area contributed by atoms with Crippen molar-refractivity contribution in [3.63, 3.8) is 0 Å². The molecule has 0 fully saturated rings. The molecule has 6 heteroatoms. The van der Waals surface area contributed by atoms with E-state index in [1.807, 2.05) is 66.7 Å². The summed E-state index contributed by atoms with van der Waals surface area (Å²) >= 11 is 0. The monoisotopic (exact) mass is 515 g/mol. The van der Waals surface area contributed by atoms with E-state index in [1.54, 1.807) is 18.2 Å². The van der Waals surface area contributed by atoms with Crippen molar-refractivity contribution in [3.8, 4) is 56.0 Å². The van der Waals surface area contributed by atoms with Gasteiger partial charge < -0.3 is 0 Å². The normalized spacial score (nSPS) is 10.9. The number of aromatic nitrogens is 3. The van der Waals surface area contributed by atoms with Gasteiger partial charge in [-0.25, -0.2) is 13.2 Å². The van der Waals surface area contributed by atoms with E-state index in [9.17, 15) is 13.2 Å². The molecule has 0 spiro atoms. The fourth-order valence-electron chi connectivity index (χ4n) is 4.75. The average Bonchev–Trinajstić information content (AvgIpc) is 2.98. The molecule has 0 aliphatic rings. The van der Waals surface area contributed by atoms with Gasteiger partial charge in [0.25, 0.3) is 0 Å². The molecule has 3 aromatic heterocycles. The zero-order valence-electron chi connectivity index (χ0n) is 20.5. The molecule has 0 saturated carbocycles. The summed E-state index contributed by atoms with van der Waals surface area (Å²) in [6.45, 7) is 0. The number of benzene rings is 3. The second-order valence-corrected chi connectivity index (χ2v) is 8.90. The third-order valence-corrected chi connectivity index (χ3v) is 6.49. The van der Waals surface area contributed by atoms with Gasteiger partial charge in [-0.15, -0.1) is 0 Å². The van der Waals surface area contributed by atoms with Crippen LogP contribution in [0.4, 0.5) is 13.2 Å². The smallest absolute Gasteiger partial charge is 0.141 e. The van der Waals surface area contributed by atoms with Crippen molar-refractivity contribution in [1.29, 1.82) is 0 Å². The van der Waals surface area contributed by atoms with Crippen molar-refractivity contribution in [2.24, 2.45) is 0 Å². The van der Waals surface area contributed by atoms with Gasteiger partial charge in [-0.2, -0.15) is 0 Å². The molecule has 3 nitrogen and oxygen atoms in total. The van der Waals surface area contributed by atoms with Gasteiger partial charge in [-0.1, -0.05) is 66.7 Å². The Hall–Kier alpha value is -5.10.